The zero-order valence-electron chi connectivity index (χ0n) is 20.1. The second-order valence-corrected chi connectivity index (χ2v) is 9.44. The van der Waals surface area contributed by atoms with E-state index in [1.165, 1.54) is 9.80 Å². The van der Waals surface area contributed by atoms with Crippen LogP contribution in [0.3, 0.4) is 0 Å². The first-order valence-electron chi connectivity index (χ1n) is 11.1. The average Bonchev–Trinajstić information content (AvgIpc) is 3.17. The normalized spacial score (nSPS) is 14.0. The molecule has 1 heterocycles. The van der Waals surface area contributed by atoms with Gasteiger partial charge >= 0.3 is 0 Å². The number of carbonyl (C=O) groups is 3. The van der Waals surface area contributed by atoms with Crippen molar-refractivity contribution in [1.82, 2.24) is 9.80 Å². The molecule has 1 saturated heterocycles. The summed E-state index contributed by atoms with van der Waals surface area (Å²) >= 11 is 0. The zero-order chi connectivity index (χ0) is 24.2. The van der Waals surface area contributed by atoms with Gasteiger partial charge in [-0.2, -0.15) is 0 Å². The molecule has 0 atom stereocenters. The minimum Gasteiger partial charge on any atom is -0.383 e. The van der Waals surface area contributed by atoms with Crippen molar-refractivity contribution in [2.75, 3.05) is 44.9 Å². The lowest BCUT2D eigenvalue weighted by Gasteiger charge is -2.25. The van der Waals surface area contributed by atoms with Gasteiger partial charge in [-0.1, -0.05) is 45.0 Å². The number of amides is 3. The standard InChI is InChI=1S/C26H33N3O4/c1-19-7-6-8-22(15-19)29-18-28(17-24(29)31)23(30)16-27(13-14-33-5)25(32)20-9-11-21(12-10-20)26(2,3)4/h6-12,15H,13-14,16-18H2,1-5H3. The summed E-state index contributed by atoms with van der Waals surface area (Å²) in [5.74, 6) is -0.641. The molecule has 0 N–H and O–H groups in total. The minimum atomic E-state index is -0.269. The van der Waals surface area contributed by atoms with Gasteiger partial charge in [-0.05, 0) is 47.7 Å². The van der Waals surface area contributed by atoms with Gasteiger partial charge in [0.1, 0.15) is 19.8 Å². The van der Waals surface area contributed by atoms with Crippen molar-refractivity contribution in [3.63, 3.8) is 0 Å². The van der Waals surface area contributed by atoms with Crippen molar-refractivity contribution >= 4 is 23.4 Å². The first-order chi connectivity index (χ1) is 15.6. The minimum absolute atomic E-state index is 0.000632. The van der Waals surface area contributed by atoms with Crippen molar-refractivity contribution < 1.29 is 19.1 Å². The van der Waals surface area contributed by atoms with Crippen LogP contribution in [0.25, 0.3) is 0 Å². The Kier molecular flexibility index (Phi) is 7.53. The maximum atomic E-state index is 13.2. The molecule has 3 rings (SSSR count). The average molecular weight is 452 g/mol. The molecule has 7 nitrogen and oxygen atoms in total. The van der Waals surface area contributed by atoms with E-state index in [0.717, 1.165) is 16.8 Å². The fourth-order valence-corrected chi connectivity index (χ4v) is 3.75. The monoisotopic (exact) mass is 451 g/mol. The Morgan fingerprint density at radius 2 is 1.79 bits per heavy atom. The van der Waals surface area contributed by atoms with Gasteiger partial charge in [-0.25, -0.2) is 0 Å². The first-order valence-corrected chi connectivity index (χ1v) is 11.1. The Morgan fingerprint density at radius 3 is 2.39 bits per heavy atom. The van der Waals surface area contributed by atoms with Crippen LogP contribution >= 0.6 is 0 Å². The molecule has 0 unspecified atom stereocenters. The lowest BCUT2D eigenvalue weighted by molar-refractivity contribution is -0.132. The number of hydrogen-bond acceptors (Lipinski definition) is 4. The number of ether oxygens (including phenoxy) is 1. The highest BCUT2D eigenvalue weighted by atomic mass is 16.5. The molecule has 0 spiro atoms. The van der Waals surface area contributed by atoms with E-state index in [4.69, 9.17) is 4.74 Å². The lowest BCUT2D eigenvalue weighted by Crippen LogP contribution is -2.44. The van der Waals surface area contributed by atoms with Gasteiger partial charge in [-0.3, -0.25) is 19.3 Å². The van der Waals surface area contributed by atoms with Crippen LogP contribution in [-0.2, 0) is 19.7 Å². The smallest absolute Gasteiger partial charge is 0.254 e. The van der Waals surface area contributed by atoms with Crippen LogP contribution in [0.4, 0.5) is 5.69 Å². The topological polar surface area (TPSA) is 70.2 Å². The van der Waals surface area contributed by atoms with E-state index in [0.29, 0.717) is 12.2 Å². The van der Waals surface area contributed by atoms with Gasteiger partial charge in [0.05, 0.1) is 6.61 Å². The van der Waals surface area contributed by atoms with Crippen LogP contribution in [0, 0.1) is 6.92 Å². The van der Waals surface area contributed by atoms with Crippen LogP contribution in [-0.4, -0.2) is 67.5 Å². The number of benzene rings is 2. The zero-order valence-corrected chi connectivity index (χ0v) is 20.1. The van der Waals surface area contributed by atoms with E-state index in [-0.39, 0.29) is 49.4 Å². The SMILES string of the molecule is COCCN(CC(=O)N1CC(=O)N(c2cccc(C)c2)C1)C(=O)c1ccc(C(C)(C)C)cc1. The van der Waals surface area contributed by atoms with Gasteiger partial charge in [-0.15, -0.1) is 0 Å². The van der Waals surface area contributed by atoms with E-state index < -0.39 is 0 Å². The first kappa shape index (κ1) is 24.5. The quantitative estimate of drug-likeness (QED) is 0.648. The number of rotatable bonds is 7. The maximum Gasteiger partial charge on any atom is 0.254 e. The number of hydrogen-bond donors (Lipinski definition) is 0. The highest BCUT2D eigenvalue weighted by Crippen LogP contribution is 2.23. The molecule has 2 aromatic carbocycles. The number of nitrogens with zero attached hydrogens (tertiary/aromatic N) is 3. The third-order valence-corrected chi connectivity index (χ3v) is 5.78. The maximum absolute atomic E-state index is 13.2. The molecule has 1 fully saturated rings. The summed E-state index contributed by atoms with van der Waals surface area (Å²) in [5.41, 5.74) is 3.44. The summed E-state index contributed by atoms with van der Waals surface area (Å²) in [7, 11) is 1.56. The highest BCUT2D eigenvalue weighted by Gasteiger charge is 2.33. The van der Waals surface area contributed by atoms with Crippen LogP contribution in [0.1, 0.15) is 42.3 Å². The van der Waals surface area contributed by atoms with E-state index >= 15 is 0 Å². The van der Waals surface area contributed by atoms with Crippen molar-refractivity contribution in [3.05, 3.63) is 65.2 Å². The summed E-state index contributed by atoms with van der Waals surface area (Å²) in [5, 5.41) is 0. The number of anilines is 1. The Bertz CT molecular complexity index is 1010. The molecule has 1 aliphatic rings. The van der Waals surface area contributed by atoms with Crippen LogP contribution in [0.5, 0.6) is 0 Å². The van der Waals surface area contributed by atoms with Gasteiger partial charge in [0.2, 0.25) is 11.8 Å². The summed E-state index contributed by atoms with van der Waals surface area (Å²) in [6.07, 6.45) is 0. The predicted octanol–water partition coefficient (Wildman–Crippen LogP) is 3.21. The molecular weight excluding hydrogens is 418 g/mol. The molecule has 33 heavy (non-hydrogen) atoms. The highest BCUT2D eigenvalue weighted by molar-refractivity contribution is 6.01. The van der Waals surface area contributed by atoms with Gasteiger partial charge in [0.25, 0.3) is 5.91 Å². The Hall–Kier alpha value is -3.19. The molecule has 7 heteroatoms. The van der Waals surface area contributed by atoms with Gasteiger partial charge in [0, 0.05) is 24.9 Å². The fraction of sp³-hybridized carbons (Fsp3) is 0.423. The Balaban J connectivity index is 1.71. The van der Waals surface area contributed by atoms with Crippen molar-refractivity contribution in [2.45, 2.75) is 33.1 Å². The molecule has 0 radical (unpaired) electrons. The van der Waals surface area contributed by atoms with Gasteiger partial charge < -0.3 is 14.5 Å². The lowest BCUT2D eigenvalue weighted by atomic mass is 9.86. The molecule has 2 aromatic rings. The molecule has 1 aliphatic heterocycles. The predicted molar refractivity (Wildman–Crippen MR) is 128 cm³/mol. The summed E-state index contributed by atoms with van der Waals surface area (Å²) in [6.45, 7) is 8.96. The van der Waals surface area contributed by atoms with E-state index in [2.05, 4.69) is 20.8 Å². The third-order valence-electron chi connectivity index (χ3n) is 5.78. The number of methoxy groups -OCH3 is 1. The van der Waals surface area contributed by atoms with Gasteiger partial charge in [0.15, 0.2) is 0 Å². The fourth-order valence-electron chi connectivity index (χ4n) is 3.75. The van der Waals surface area contributed by atoms with Crippen molar-refractivity contribution in [2.24, 2.45) is 0 Å². The van der Waals surface area contributed by atoms with E-state index in [1.807, 2.05) is 43.3 Å². The second kappa shape index (κ2) is 10.2. The second-order valence-electron chi connectivity index (χ2n) is 9.44. The Labute approximate surface area is 195 Å². The van der Waals surface area contributed by atoms with Crippen molar-refractivity contribution in [1.29, 1.82) is 0 Å². The van der Waals surface area contributed by atoms with Crippen LogP contribution in [0.15, 0.2) is 48.5 Å². The van der Waals surface area contributed by atoms with Crippen molar-refractivity contribution in [3.8, 4) is 0 Å². The summed E-state index contributed by atoms with van der Waals surface area (Å²) < 4.78 is 5.15. The molecule has 0 saturated carbocycles. The molecular formula is C26H33N3O4. The molecule has 176 valence electrons. The summed E-state index contributed by atoms with van der Waals surface area (Å²) in [4.78, 5) is 43.3. The molecule has 0 bridgehead atoms. The molecule has 0 aliphatic carbocycles. The van der Waals surface area contributed by atoms with E-state index in [9.17, 15) is 14.4 Å². The van der Waals surface area contributed by atoms with Crippen LogP contribution in [0.2, 0.25) is 0 Å². The van der Waals surface area contributed by atoms with Crippen LogP contribution < -0.4 is 4.90 Å². The van der Waals surface area contributed by atoms with E-state index in [1.54, 1.807) is 24.1 Å². The number of aryl methyl sites for hydroxylation is 1. The third kappa shape index (κ3) is 5.99. The summed E-state index contributed by atoms with van der Waals surface area (Å²) in [6, 6.07) is 15.1. The Morgan fingerprint density at radius 1 is 1.09 bits per heavy atom. The molecule has 3 amide bonds. The largest absolute Gasteiger partial charge is 0.383 e. The molecule has 0 aromatic heterocycles. The number of carbonyl (C=O) groups excluding carboxylic acids is 3.